The van der Waals surface area contributed by atoms with Gasteiger partial charge in [0.1, 0.15) is 5.75 Å². The van der Waals surface area contributed by atoms with Crippen molar-refractivity contribution in [3.63, 3.8) is 0 Å². The maximum atomic E-state index is 12.1. The summed E-state index contributed by atoms with van der Waals surface area (Å²) in [7, 11) is 0. The summed E-state index contributed by atoms with van der Waals surface area (Å²) < 4.78 is 28.5. The summed E-state index contributed by atoms with van der Waals surface area (Å²) in [6.45, 7) is 0.982. The minimum absolute atomic E-state index is 0.0842. The first-order valence-electron chi connectivity index (χ1n) is 5.38. The van der Waals surface area contributed by atoms with Crippen LogP contribution in [0.3, 0.4) is 0 Å². The molecule has 1 aromatic carbocycles. The van der Waals surface area contributed by atoms with Crippen molar-refractivity contribution < 1.29 is 18.3 Å². The molecule has 0 fully saturated rings. The molecule has 1 aromatic rings. The van der Waals surface area contributed by atoms with E-state index in [1.807, 2.05) is 13.8 Å². The highest BCUT2D eigenvalue weighted by Crippen LogP contribution is 2.39. The highest BCUT2D eigenvalue weighted by Gasteiger charge is 2.33. The highest BCUT2D eigenvalue weighted by molar-refractivity contribution is 6.03. The fourth-order valence-corrected chi connectivity index (χ4v) is 2.10. The van der Waals surface area contributed by atoms with Crippen LogP contribution in [0.25, 0.3) is 0 Å². The van der Waals surface area contributed by atoms with Gasteiger partial charge in [0.25, 0.3) is 0 Å². The number of halogens is 2. The summed E-state index contributed by atoms with van der Waals surface area (Å²) in [6, 6.07) is 4.52. The molecule has 1 aliphatic rings. The molecular weight excluding hydrogens is 228 g/mol. The Morgan fingerprint density at radius 1 is 1.35 bits per heavy atom. The molecule has 0 saturated heterocycles. The SMILES string of the molecule is CC(C)C1C(=O)Nc2ccc(OC(F)F)cc21. The van der Waals surface area contributed by atoms with Crippen LogP contribution in [0.1, 0.15) is 25.3 Å². The van der Waals surface area contributed by atoms with Crippen molar-refractivity contribution >= 4 is 11.6 Å². The molecular formula is C12H13F2NO2. The second-order valence-corrected chi connectivity index (χ2v) is 4.34. The van der Waals surface area contributed by atoms with Crippen LogP contribution in [-0.4, -0.2) is 12.5 Å². The van der Waals surface area contributed by atoms with Crippen molar-refractivity contribution in [3.05, 3.63) is 23.8 Å². The molecule has 1 N–H and O–H groups in total. The molecule has 2 rings (SSSR count). The molecule has 0 aromatic heterocycles. The van der Waals surface area contributed by atoms with E-state index in [1.54, 1.807) is 6.07 Å². The van der Waals surface area contributed by atoms with Crippen molar-refractivity contribution in [1.29, 1.82) is 0 Å². The number of alkyl halides is 2. The topological polar surface area (TPSA) is 38.3 Å². The molecule has 0 spiro atoms. The maximum Gasteiger partial charge on any atom is 0.387 e. The van der Waals surface area contributed by atoms with E-state index in [1.165, 1.54) is 12.1 Å². The Bertz CT molecular complexity index is 446. The second kappa shape index (κ2) is 4.31. The smallest absolute Gasteiger partial charge is 0.387 e. The number of nitrogens with one attached hydrogen (secondary N) is 1. The summed E-state index contributed by atoms with van der Waals surface area (Å²) in [5, 5.41) is 2.73. The van der Waals surface area contributed by atoms with Gasteiger partial charge in [-0.25, -0.2) is 0 Å². The Balaban J connectivity index is 2.35. The summed E-state index contributed by atoms with van der Waals surface area (Å²) >= 11 is 0. The molecule has 1 aliphatic heterocycles. The minimum atomic E-state index is -2.85. The lowest BCUT2D eigenvalue weighted by atomic mass is 9.90. The van der Waals surface area contributed by atoms with Crippen molar-refractivity contribution in [1.82, 2.24) is 0 Å². The third-order valence-corrected chi connectivity index (χ3v) is 2.79. The van der Waals surface area contributed by atoms with Crippen LogP contribution >= 0.6 is 0 Å². The molecule has 1 atom stereocenters. The second-order valence-electron chi connectivity index (χ2n) is 4.34. The van der Waals surface area contributed by atoms with Crippen LogP contribution in [0.4, 0.5) is 14.5 Å². The zero-order valence-corrected chi connectivity index (χ0v) is 9.54. The van der Waals surface area contributed by atoms with Gasteiger partial charge in [-0.1, -0.05) is 13.8 Å². The predicted molar refractivity (Wildman–Crippen MR) is 59.3 cm³/mol. The first-order chi connectivity index (χ1) is 7.99. The van der Waals surface area contributed by atoms with Gasteiger partial charge in [-0.2, -0.15) is 8.78 Å². The van der Waals surface area contributed by atoms with Crippen molar-refractivity contribution in [2.24, 2.45) is 5.92 Å². The lowest BCUT2D eigenvalue weighted by molar-refractivity contribution is -0.117. The first-order valence-corrected chi connectivity index (χ1v) is 5.38. The van der Waals surface area contributed by atoms with Gasteiger partial charge in [0, 0.05) is 5.69 Å². The van der Waals surface area contributed by atoms with E-state index in [4.69, 9.17) is 0 Å². The van der Waals surface area contributed by atoms with Crippen LogP contribution < -0.4 is 10.1 Å². The van der Waals surface area contributed by atoms with Gasteiger partial charge in [0.15, 0.2) is 0 Å². The van der Waals surface area contributed by atoms with E-state index in [0.717, 1.165) is 5.56 Å². The number of amides is 1. The van der Waals surface area contributed by atoms with Crippen molar-refractivity contribution in [2.45, 2.75) is 26.4 Å². The highest BCUT2D eigenvalue weighted by atomic mass is 19.3. The number of rotatable bonds is 3. The Kier molecular flexibility index (Phi) is 3.00. The number of hydrogen-bond donors (Lipinski definition) is 1. The molecule has 1 amide bonds. The normalized spacial score (nSPS) is 18.5. The Morgan fingerprint density at radius 2 is 2.06 bits per heavy atom. The monoisotopic (exact) mass is 241 g/mol. The largest absolute Gasteiger partial charge is 0.435 e. The summed E-state index contributed by atoms with van der Waals surface area (Å²) in [6.07, 6.45) is 0. The number of fused-ring (bicyclic) bond motifs is 1. The molecule has 0 aliphatic carbocycles. The Morgan fingerprint density at radius 3 is 2.65 bits per heavy atom. The molecule has 3 nitrogen and oxygen atoms in total. The Hall–Kier alpha value is -1.65. The van der Waals surface area contributed by atoms with Gasteiger partial charge in [0.05, 0.1) is 5.92 Å². The quantitative estimate of drug-likeness (QED) is 0.883. The van der Waals surface area contributed by atoms with E-state index in [2.05, 4.69) is 10.1 Å². The molecule has 17 heavy (non-hydrogen) atoms. The zero-order chi connectivity index (χ0) is 12.6. The van der Waals surface area contributed by atoms with E-state index >= 15 is 0 Å². The van der Waals surface area contributed by atoms with E-state index < -0.39 is 6.61 Å². The zero-order valence-electron chi connectivity index (χ0n) is 9.54. The van der Waals surface area contributed by atoms with Gasteiger partial charge in [-0.15, -0.1) is 0 Å². The maximum absolute atomic E-state index is 12.1. The van der Waals surface area contributed by atoms with Gasteiger partial charge < -0.3 is 10.1 Å². The van der Waals surface area contributed by atoms with Crippen LogP contribution in [0.15, 0.2) is 18.2 Å². The summed E-state index contributed by atoms with van der Waals surface area (Å²) in [5.74, 6) is -0.200. The fourth-order valence-electron chi connectivity index (χ4n) is 2.10. The minimum Gasteiger partial charge on any atom is -0.435 e. The van der Waals surface area contributed by atoms with Gasteiger partial charge >= 0.3 is 6.61 Å². The number of carbonyl (C=O) groups is 1. The van der Waals surface area contributed by atoms with E-state index in [9.17, 15) is 13.6 Å². The molecule has 5 heteroatoms. The molecule has 1 heterocycles. The molecule has 0 radical (unpaired) electrons. The van der Waals surface area contributed by atoms with Crippen LogP contribution in [0.5, 0.6) is 5.75 Å². The van der Waals surface area contributed by atoms with E-state index in [-0.39, 0.29) is 23.5 Å². The third kappa shape index (κ3) is 2.23. The molecule has 1 unspecified atom stereocenters. The number of ether oxygens (including phenoxy) is 1. The van der Waals surface area contributed by atoms with Crippen molar-refractivity contribution in [3.8, 4) is 5.75 Å². The Labute approximate surface area is 97.8 Å². The number of anilines is 1. The van der Waals surface area contributed by atoms with Crippen molar-refractivity contribution in [2.75, 3.05) is 5.32 Å². The van der Waals surface area contributed by atoms with Gasteiger partial charge in [-0.3, -0.25) is 4.79 Å². The summed E-state index contributed by atoms with van der Waals surface area (Å²) in [5.41, 5.74) is 1.40. The fraction of sp³-hybridized carbons (Fsp3) is 0.417. The lowest BCUT2D eigenvalue weighted by Gasteiger charge is -2.13. The average Bonchev–Trinajstić information content (AvgIpc) is 2.52. The summed E-state index contributed by atoms with van der Waals surface area (Å²) in [4.78, 5) is 11.7. The van der Waals surface area contributed by atoms with Gasteiger partial charge in [-0.05, 0) is 29.7 Å². The first kappa shape index (κ1) is 11.8. The molecule has 92 valence electrons. The standard InChI is InChI=1S/C12H13F2NO2/c1-6(2)10-8-5-7(17-12(13)14)3-4-9(8)15-11(10)16/h3-6,10,12H,1-2H3,(H,15,16). The van der Waals surface area contributed by atoms with E-state index in [0.29, 0.717) is 5.69 Å². The van der Waals surface area contributed by atoms with Crippen LogP contribution in [-0.2, 0) is 4.79 Å². The van der Waals surface area contributed by atoms with Crippen LogP contribution in [0.2, 0.25) is 0 Å². The number of carbonyl (C=O) groups excluding carboxylic acids is 1. The molecule has 0 saturated carbocycles. The average molecular weight is 241 g/mol. The predicted octanol–water partition coefficient (Wildman–Crippen LogP) is 2.98. The van der Waals surface area contributed by atoms with Gasteiger partial charge in [0.2, 0.25) is 5.91 Å². The molecule has 0 bridgehead atoms. The number of hydrogen-bond acceptors (Lipinski definition) is 2. The third-order valence-electron chi connectivity index (χ3n) is 2.79. The number of benzene rings is 1. The lowest BCUT2D eigenvalue weighted by Crippen LogP contribution is -2.16. The van der Waals surface area contributed by atoms with Crippen LogP contribution in [0, 0.1) is 5.92 Å².